The number of carbonyl (C=O) groups is 2. The molecule has 0 fully saturated rings. The van der Waals surface area contributed by atoms with Gasteiger partial charge in [-0.2, -0.15) is 0 Å². The van der Waals surface area contributed by atoms with Crippen molar-refractivity contribution in [2.45, 2.75) is 25.3 Å². The predicted octanol–water partition coefficient (Wildman–Crippen LogP) is 0.522. The average Bonchev–Trinajstić information content (AvgIpc) is 2.77. The van der Waals surface area contributed by atoms with Crippen LogP contribution in [0, 0.1) is 0 Å². The van der Waals surface area contributed by atoms with Gasteiger partial charge in [-0.3, -0.25) is 10.1 Å². The normalized spacial score (nSPS) is 18.5. The molecule has 0 spiro atoms. The maximum Gasteiger partial charge on any atom is 0.318 e. The second-order valence-electron chi connectivity index (χ2n) is 5.01. The van der Waals surface area contributed by atoms with Crippen molar-refractivity contribution in [3.63, 3.8) is 0 Å². The van der Waals surface area contributed by atoms with Crippen molar-refractivity contribution in [2.75, 3.05) is 18.0 Å². The van der Waals surface area contributed by atoms with E-state index in [4.69, 9.17) is 11.5 Å². The van der Waals surface area contributed by atoms with Crippen LogP contribution in [0.3, 0.4) is 0 Å². The van der Waals surface area contributed by atoms with Gasteiger partial charge < -0.3 is 16.4 Å². The highest BCUT2D eigenvalue weighted by atomic mass is 16.2. The molecule has 5 N–H and O–H groups in total. The van der Waals surface area contributed by atoms with Crippen LogP contribution in [-0.4, -0.2) is 31.1 Å². The van der Waals surface area contributed by atoms with Crippen molar-refractivity contribution in [3.8, 4) is 0 Å². The summed E-state index contributed by atoms with van der Waals surface area (Å²) in [5.74, 6) is -0.0688. The number of imide groups is 1. The Kier molecular flexibility index (Phi) is 4.24. The van der Waals surface area contributed by atoms with Gasteiger partial charge in [0, 0.05) is 18.2 Å². The van der Waals surface area contributed by atoms with Gasteiger partial charge in [0.2, 0.25) is 5.91 Å². The predicted molar refractivity (Wildman–Crippen MR) is 77.4 cm³/mol. The largest absolute Gasteiger partial charge is 0.359 e. The van der Waals surface area contributed by atoms with E-state index in [1.165, 1.54) is 5.56 Å². The zero-order valence-corrected chi connectivity index (χ0v) is 11.5. The molecule has 2 rings (SSSR count). The number of hydrogen-bond acceptors (Lipinski definition) is 4. The molecule has 0 radical (unpaired) electrons. The SMILES string of the molecule is CC(C(=O)NC(N)=O)N1CC(CCN)c2ccccc21. The molecule has 3 amide bonds. The lowest BCUT2D eigenvalue weighted by Gasteiger charge is -2.26. The van der Waals surface area contributed by atoms with Gasteiger partial charge in [0.05, 0.1) is 0 Å². The van der Waals surface area contributed by atoms with E-state index < -0.39 is 12.1 Å². The minimum atomic E-state index is -0.826. The van der Waals surface area contributed by atoms with Gasteiger partial charge >= 0.3 is 6.03 Å². The first-order chi connectivity index (χ1) is 9.54. The number of amides is 3. The molecule has 2 atom stereocenters. The van der Waals surface area contributed by atoms with Gasteiger partial charge in [0.1, 0.15) is 6.04 Å². The lowest BCUT2D eigenvalue weighted by atomic mass is 9.98. The monoisotopic (exact) mass is 276 g/mol. The fourth-order valence-electron chi connectivity index (χ4n) is 2.71. The van der Waals surface area contributed by atoms with Crippen molar-refractivity contribution in [2.24, 2.45) is 11.5 Å². The topological polar surface area (TPSA) is 101 Å². The number of primary amides is 1. The standard InChI is InChI=1S/C14H20N4O2/c1-9(13(19)17-14(16)20)18-8-10(6-7-15)11-4-2-3-5-12(11)18/h2-5,9-10H,6-8,15H2,1H3,(H3,16,17,19,20). The fourth-order valence-corrected chi connectivity index (χ4v) is 2.71. The highest BCUT2D eigenvalue weighted by Gasteiger charge is 2.33. The summed E-state index contributed by atoms with van der Waals surface area (Å²) in [6.07, 6.45) is 0.873. The summed E-state index contributed by atoms with van der Waals surface area (Å²) < 4.78 is 0. The van der Waals surface area contributed by atoms with E-state index in [0.29, 0.717) is 12.5 Å². The molecule has 0 bridgehead atoms. The van der Waals surface area contributed by atoms with Crippen LogP contribution in [0.2, 0.25) is 0 Å². The number of carbonyl (C=O) groups excluding carboxylic acids is 2. The quantitative estimate of drug-likeness (QED) is 0.746. The molecule has 20 heavy (non-hydrogen) atoms. The Labute approximate surface area is 118 Å². The number of urea groups is 1. The van der Waals surface area contributed by atoms with Crippen molar-refractivity contribution >= 4 is 17.6 Å². The number of rotatable bonds is 4. The van der Waals surface area contributed by atoms with Gasteiger partial charge in [-0.1, -0.05) is 18.2 Å². The van der Waals surface area contributed by atoms with Crippen LogP contribution in [0.25, 0.3) is 0 Å². The Balaban J connectivity index is 2.21. The second kappa shape index (κ2) is 5.92. The molecular weight excluding hydrogens is 256 g/mol. The summed E-state index contributed by atoms with van der Waals surface area (Å²) in [6.45, 7) is 3.10. The van der Waals surface area contributed by atoms with Gasteiger partial charge in [0.25, 0.3) is 0 Å². The molecule has 1 aromatic rings. The Morgan fingerprint density at radius 1 is 1.45 bits per heavy atom. The fraction of sp³-hybridized carbons (Fsp3) is 0.429. The van der Waals surface area contributed by atoms with E-state index in [1.807, 2.05) is 23.1 Å². The van der Waals surface area contributed by atoms with E-state index in [0.717, 1.165) is 18.7 Å². The molecule has 0 saturated heterocycles. The van der Waals surface area contributed by atoms with Crippen LogP contribution in [0.4, 0.5) is 10.5 Å². The molecule has 1 aliphatic heterocycles. The first-order valence-corrected chi connectivity index (χ1v) is 6.70. The minimum absolute atomic E-state index is 0.319. The van der Waals surface area contributed by atoms with Crippen molar-refractivity contribution in [1.82, 2.24) is 5.32 Å². The number of nitrogens with two attached hydrogens (primary N) is 2. The van der Waals surface area contributed by atoms with Crippen LogP contribution in [0.5, 0.6) is 0 Å². The van der Waals surface area contributed by atoms with Gasteiger partial charge in [-0.05, 0) is 31.5 Å². The van der Waals surface area contributed by atoms with E-state index in [-0.39, 0.29) is 5.91 Å². The molecular formula is C14H20N4O2. The number of anilines is 1. The molecule has 6 heteroatoms. The zero-order chi connectivity index (χ0) is 14.7. The molecule has 108 valence electrons. The lowest BCUT2D eigenvalue weighted by molar-refractivity contribution is -0.120. The van der Waals surface area contributed by atoms with Gasteiger partial charge in [0.15, 0.2) is 0 Å². The Morgan fingerprint density at radius 2 is 2.15 bits per heavy atom. The molecule has 1 heterocycles. The summed E-state index contributed by atoms with van der Waals surface area (Å²) >= 11 is 0. The third-order valence-corrected chi connectivity index (χ3v) is 3.71. The number of nitrogens with zero attached hydrogens (tertiary/aromatic N) is 1. The summed E-state index contributed by atoms with van der Waals surface area (Å²) in [7, 11) is 0. The number of benzene rings is 1. The molecule has 6 nitrogen and oxygen atoms in total. The first kappa shape index (κ1) is 14.3. The van der Waals surface area contributed by atoms with E-state index in [2.05, 4.69) is 11.4 Å². The molecule has 2 unspecified atom stereocenters. The highest BCUT2D eigenvalue weighted by Crippen LogP contribution is 2.38. The first-order valence-electron chi connectivity index (χ1n) is 6.70. The van der Waals surface area contributed by atoms with Crippen LogP contribution in [0.1, 0.15) is 24.8 Å². The summed E-state index contributed by atoms with van der Waals surface area (Å²) in [5.41, 5.74) is 12.9. The smallest absolute Gasteiger partial charge is 0.318 e. The van der Waals surface area contributed by atoms with Crippen LogP contribution in [-0.2, 0) is 4.79 Å². The van der Waals surface area contributed by atoms with Gasteiger partial charge in [-0.25, -0.2) is 4.79 Å². The lowest BCUT2D eigenvalue weighted by Crippen LogP contribution is -2.48. The molecule has 1 aliphatic rings. The Bertz CT molecular complexity index is 518. The Morgan fingerprint density at radius 3 is 2.80 bits per heavy atom. The minimum Gasteiger partial charge on any atom is -0.359 e. The van der Waals surface area contributed by atoms with E-state index in [9.17, 15) is 9.59 Å². The molecule has 0 aromatic heterocycles. The van der Waals surface area contributed by atoms with Crippen LogP contribution < -0.4 is 21.7 Å². The molecule has 0 saturated carbocycles. The number of fused-ring (bicyclic) bond motifs is 1. The maximum absolute atomic E-state index is 11.9. The third-order valence-electron chi connectivity index (χ3n) is 3.71. The van der Waals surface area contributed by atoms with Crippen molar-refractivity contribution < 1.29 is 9.59 Å². The number of nitrogens with one attached hydrogen (secondary N) is 1. The van der Waals surface area contributed by atoms with E-state index >= 15 is 0 Å². The summed E-state index contributed by atoms with van der Waals surface area (Å²) in [5, 5.41) is 2.13. The van der Waals surface area contributed by atoms with Crippen LogP contribution in [0.15, 0.2) is 24.3 Å². The number of para-hydroxylation sites is 1. The van der Waals surface area contributed by atoms with Gasteiger partial charge in [-0.15, -0.1) is 0 Å². The molecule has 1 aromatic carbocycles. The second-order valence-corrected chi connectivity index (χ2v) is 5.01. The highest BCUT2D eigenvalue weighted by molar-refractivity contribution is 5.97. The summed E-state index contributed by atoms with van der Waals surface area (Å²) in [6, 6.07) is 6.70. The summed E-state index contributed by atoms with van der Waals surface area (Å²) in [4.78, 5) is 24.7. The average molecular weight is 276 g/mol. The van der Waals surface area contributed by atoms with Crippen molar-refractivity contribution in [1.29, 1.82) is 0 Å². The van der Waals surface area contributed by atoms with Crippen LogP contribution >= 0.6 is 0 Å². The zero-order valence-electron chi connectivity index (χ0n) is 11.5. The number of hydrogen-bond donors (Lipinski definition) is 3. The van der Waals surface area contributed by atoms with E-state index in [1.54, 1.807) is 6.92 Å². The maximum atomic E-state index is 11.9. The van der Waals surface area contributed by atoms with Crippen molar-refractivity contribution in [3.05, 3.63) is 29.8 Å². The third kappa shape index (κ3) is 2.75. The Hall–Kier alpha value is -2.08. The molecule has 0 aliphatic carbocycles.